The average molecular weight is 391 g/mol. The monoisotopic (exact) mass is 390 g/mol. The van der Waals surface area contributed by atoms with Crippen molar-refractivity contribution in [1.82, 2.24) is 14.8 Å². The lowest BCUT2D eigenvalue weighted by Gasteiger charge is -2.33. The summed E-state index contributed by atoms with van der Waals surface area (Å²) in [7, 11) is 6.29. The lowest BCUT2D eigenvalue weighted by atomic mass is 9.96. The van der Waals surface area contributed by atoms with Gasteiger partial charge in [-0.05, 0) is 63.0 Å². The highest BCUT2D eigenvalue weighted by Crippen LogP contribution is 2.23. The van der Waals surface area contributed by atoms with Gasteiger partial charge in [0, 0.05) is 44.8 Å². The van der Waals surface area contributed by atoms with Gasteiger partial charge in [0.1, 0.15) is 5.82 Å². The zero-order valence-electron chi connectivity index (χ0n) is 16.7. The maximum Gasteiger partial charge on any atom is 0.185 e. The summed E-state index contributed by atoms with van der Waals surface area (Å²) in [4.78, 5) is 12.8. The fourth-order valence-electron chi connectivity index (χ4n) is 3.72. The second-order valence-corrected chi connectivity index (χ2v) is 8.96. The Bertz CT molecular complexity index is 710. The molecule has 2 aromatic rings. The van der Waals surface area contributed by atoms with Gasteiger partial charge in [0.2, 0.25) is 0 Å². The molecule has 0 N–H and O–H groups in total. The average Bonchev–Trinajstić information content (AvgIpc) is 3.10. The number of likely N-dealkylation sites (tertiary alicyclic amines) is 1. The maximum absolute atomic E-state index is 13.3. The molecule has 3 rings (SSSR count). The van der Waals surface area contributed by atoms with E-state index in [4.69, 9.17) is 0 Å². The summed E-state index contributed by atoms with van der Waals surface area (Å²) >= 11 is 1.78. The first-order chi connectivity index (χ1) is 13.0. The van der Waals surface area contributed by atoms with Crippen molar-refractivity contribution in [2.45, 2.75) is 25.8 Å². The number of benzene rings is 1. The van der Waals surface area contributed by atoms with Crippen LogP contribution in [0.1, 0.15) is 23.3 Å². The molecule has 1 aliphatic rings. The molecule has 6 heteroatoms. The van der Waals surface area contributed by atoms with Crippen LogP contribution in [0.15, 0.2) is 30.5 Å². The number of rotatable bonds is 8. The standard InChI is InChI=1S/C21H31FN4S/c1-24(2)21-23-14-20(27-21)16-25(3)15-18-8-11-26(12-9-18)10-7-17-5-4-6-19(22)13-17/h4-6,13-14,18H,7-12,15-16H2,1-3H3. The molecule has 0 atom stereocenters. The van der Waals surface area contributed by atoms with Crippen LogP contribution in [-0.4, -0.2) is 62.1 Å². The number of anilines is 1. The van der Waals surface area contributed by atoms with E-state index in [1.807, 2.05) is 26.4 Å². The van der Waals surface area contributed by atoms with Crippen LogP contribution >= 0.6 is 11.3 Å². The van der Waals surface area contributed by atoms with Crippen LogP contribution in [0.25, 0.3) is 0 Å². The Balaban J connectivity index is 1.37. The summed E-state index contributed by atoms with van der Waals surface area (Å²) in [5.41, 5.74) is 1.10. The van der Waals surface area contributed by atoms with Crippen LogP contribution in [0.2, 0.25) is 0 Å². The van der Waals surface area contributed by atoms with Gasteiger partial charge in [0.05, 0.1) is 0 Å². The molecule has 148 valence electrons. The summed E-state index contributed by atoms with van der Waals surface area (Å²) < 4.78 is 13.3. The minimum absolute atomic E-state index is 0.132. The van der Waals surface area contributed by atoms with Crippen molar-refractivity contribution in [1.29, 1.82) is 0 Å². The molecule has 0 unspecified atom stereocenters. The third-order valence-electron chi connectivity index (χ3n) is 5.23. The first kappa shape index (κ1) is 20.2. The quantitative estimate of drug-likeness (QED) is 0.685. The third-order valence-corrected chi connectivity index (χ3v) is 6.38. The Hall–Kier alpha value is -1.50. The van der Waals surface area contributed by atoms with Crippen LogP contribution < -0.4 is 4.90 Å². The van der Waals surface area contributed by atoms with Gasteiger partial charge in [0.15, 0.2) is 5.13 Å². The Labute approximate surface area is 166 Å². The van der Waals surface area contributed by atoms with Crippen molar-refractivity contribution in [2.24, 2.45) is 5.92 Å². The number of thiazole rings is 1. The predicted octanol–water partition coefficient (Wildman–Crippen LogP) is 3.73. The molecule has 2 heterocycles. The van der Waals surface area contributed by atoms with Gasteiger partial charge in [0.25, 0.3) is 0 Å². The van der Waals surface area contributed by atoms with Gasteiger partial charge in [-0.25, -0.2) is 9.37 Å². The van der Waals surface area contributed by atoms with Crippen molar-refractivity contribution in [2.75, 3.05) is 52.2 Å². The summed E-state index contributed by atoms with van der Waals surface area (Å²) in [6, 6.07) is 6.99. The van der Waals surface area contributed by atoms with Crippen molar-refractivity contribution in [3.8, 4) is 0 Å². The normalized spacial score (nSPS) is 16.2. The Kier molecular flexibility index (Phi) is 7.21. The number of piperidine rings is 1. The molecule has 1 fully saturated rings. The molecule has 0 aliphatic carbocycles. The van der Waals surface area contributed by atoms with E-state index < -0.39 is 0 Å². The summed E-state index contributed by atoms with van der Waals surface area (Å²) in [5.74, 6) is 0.634. The van der Waals surface area contributed by atoms with E-state index in [-0.39, 0.29) is 5.82 Å². The molecule has 1 aromatic heterocycles. The number of aromatic nitrogens is 1. The largest absolute Gasteiger partial charge is 0.354 e. The Morgan fingerprint density at radius 2 is 2.00 bits per heavy atom. The van der Waals surface area contributed by atoms with Gasteiger partial charge in [-0.15, -0.1) is 11.3 Å². The molecular formula is C21H31FN4S. The molecule has 1 saturated heterocycles. The molecule has 0 radical (unpaired) electrons. The van der Waals surface area contributed by atoms with Gasteiger partial charge in [-0.1, -0.05) is 12.1 Å². The number of halogens is 1. The molecule has 1 aliphatic heterocycles. The predicted molar refractivity (Wildman–Crippen MR) is 112 cm³/mol. The Morgan fingerprint density at radius 3 is 2.67 bits per heavy atom. The highest BCUT2D eigenvalue weighted by molar-refractivity contribution is 7.15. The summed E-state index contributed by atoms with van der Waals surface area (Å²) in [6.07, 6.45) is 5.44. The van der Waals surface area contributed by atoms with Crippen LogP contribution in [0.5, 0.6) is 0 Å². The molecule has 4 nitrogen and oxygen atoms in total. The van der Waals surface area contributed by atoms with Gasteiger partial charge >= 0.3 is 0 Å². The summed E-state index contributed by atoms with van der Waals surface area (Å²) in [5, 5.41) is 1.07. The van der Waals surface area contributed by atoms with E-state index in [1.165, 1.54) is 23.8 Å². The second kappa shape index (κ2) is 9.62. The molecule has 1 aromatic carbocycles. The molecular weight excluding hydrogens is 359 g/mol. The highest BCUT2D eigenvalue weighted by Gasteiger charge is 2.20. The third kappa shape index (κ3) is 6.26. The number of hydrogen-bond donors (Lipinski definition) is 0. The molecule has 0 saturated carbocycles. The van der Waals surface area contributed by atoms with E-state index in [0.29, 0.717) is 0 Å². The van der Waals surface area contributed by atoms with Gasteiger partial charge in [-0.2, -0.15) is 0 Å². The highest BCUT2D eigenvalue weighted by atomic mass is 32.1. The van der Waals surface area contributed by atoms with Gasteiger partial charge < -0.3 is 14.7 Å². The van der Waals surface area contributed by atoms with E-state index in [1.54, 1.807) is 23.5 Å². The molecule has 0 bridgehead atoms. The van der Waals surface area contributed by atoms with E-state index >= 15 is 0 Å². The fraction of sp³-hybridized carbons (Fsp3) is 0.571. The van der Waals surface area contributed by atoms with Crippen LogP contribution in [0.3, 0.4) is 0 Å². The lowest BCUT2D eigenvalue weighted by molar-refractivity contribution is 0.153. The SMILES string of the molecule is CN(Cc1cnc(N(C)C)s1)CC1CCN(CCc2cccc(F)c2)CC1. The fourth-order valence-corrected chi connectivity index (χ4v) is 4.63. The smallest absolute Gasteiger partial charge is 0.185 e. The molecule has 0 spiro atoms. The molecule has 27 heavy (non-hydrogen) atoms. The van der Waals surface area contributed by atoms with Crippen molar-refractivity contribution < 1.29 is 4.39 Å². The van der Waals surface area contributed by atoms with Crippen LogP contribution in [0, 0.1) is 11.7 Å². The number of hydrogen-bond acceptors (Lipinski definition) is 5. The van der Waals surface area contributed by atoms with Gasteiger partial charge in [-0.3, -0.25) is 0 Å². The minimum atomic E-state index is -0.132. The van der Waals surface area contributed by atoms with Crippen molar-refractivity contribution in [3.05, 3.63) is 46.7 Å². The van der Waals surface area contributed by atoms with Crippen LogP contribution in [-0.2, 0) is 13.0 Å². The van der Waals surface area contributed by atoms with E-state index in [9.17, 15) is 4.39 Å². The zero-order valence-corrected chi connectivity index (χ0v) is 17.5. The first-order valence-corrected chi connectivity index (χ1v) is 10.6. The lowest BCUT2D eigenvalue weighted by Crippen LogP contribution is -2.38. The minimum Gasteiger partial charge on any atom is -0.354 e. The Morgan fingerprint density at radius 1 is 1.22 bits per heavy atom. The first-order valence-electron chi connectivity index (χ1n) is 9.77. The van der Waals surface area contributed by atoms with E-state index in [0.717, 1.165) is 55.8 Å². The van der Waals surface area contributed by atoms with Crippen molar-refractivity contribution in [3.63, 3.8) is 0 Å². The number of nitrogens with zero attached hydrogens (tertiary/aromatic N) is 4. The zero-order chi connectivity index (χ0) is 19.2. The van der Waals surface area contributed by atoms with Crippen LogP contribution in [0.4, 0.5) is 9.52 Å². The topological polar surface area (TPSA) is 22.6 Å². The van der Waals surface area contributed by atoms with E-state index in [2.05, 4.69) is 26.7 Å². The molecule has 0 amide bonds. The maximum atomic E-state index is 13.3. The van der Waals surface area contributed by atoms with Crippen molar-refractivity contribution >= 4 is 16.5 Å². The second-order valence-electron chi connectivity index (χ2n) is 7.87. The summed E-state index contributed by atoms with van der Waals surface area (Å²) in [6.45, 7) is 5.46.